The first kappa shape index (κ1) is 30.9. The normalized spacial score (nSPS) is 11.7. The van der Waals surface area contributed by atoms with Crippen molar-refractivity contribution in [3.8, 4) is 11.5 Å². The van der Waals surface area contributed by atoms with Crippen LogP contribution in [0.5, 0.6) is 11.5 Å². The number of nitro groups is 1. The smallest absolute Gasteiger partial charge is 0.273 e. The van der Waals surface area contributed by atoms with Crippen molar-refractivity contribution in [2.45, 2.75) is 31.3 Å². The van der Waals surface area contributed by atoms with Crippen molar-refractivity contribution in [1.82, 2.24) is 10.2 Å². The highest BCUT2D eigenvalue weighted by Crippen LogP contribution is 2.29. The lowest BCUT2D eigenvalue weighted by atomic mass is 10.1. The van der Waals surface area contributed by atoms with Gasteiger partial charge in [0.15, 0.2) is 0 Å². The first-order valence-electron chi connectivity index (χ1n) is 12.5. The fourth-order valence-corrected chi connectivity index (χ4v) is 5.54. The fraction of sp³-hybridized carbons (Fsp3) is 0.286. The summed E-state index contributed by atoms with van der Waals surface area (Å²) in [7, 11) is -0.0985. The van der Waals surface area contributed by atoms with Gasteiger partial charge < -0.3 is 19.7 Å². The van der Waals surface area contributed by atoms with E-state index in [4.69, 9.17) is 9.47 Å². The number of nitrogens with zero attached hydrogens (tertiary/aromatic N) is 3. The molecule has 0 spiro atoms. The van der Waals surface area contributed by atoms with Crippen molar-refractivity contribution in [3.05, 3.63) is 88.0 Å². The molecule has 0 heterocycles. The number of nitrogens with one attached hydrogen (secondary N) is 1. The molecule has 0 aliphatic rings. The Balaban J connectivity index is 2.09. The standard InChI is InChI=1S/C28H32N4O8S/c1-19-9-14-25(16-26(19)32(35)36)41(37,38)31(22-10-12-23(39-4)13-11-22)18-27(33)30(20(2)28(34)29-3)17-21-7-6-8-24(15-21)40-5/h6-16,20H,17-18H2,1-5H3,(H,29,34)/t20-/m0/s1. The largest absolute Gasteiger partial charge is 0.497 e. The predicted octanol–water partition coefficient (Wildman–Crippen LogP) is 3.28. The van der Waals surface area contributed by atoms with Gasteiger partial charge in [0.05, 0.1) is 29.7 Å². The molecule has 1 N–H and O–H groups in total. The number of amides is 2. The number of anilines is 1. The molecule has 3 aromatic rings. The van der Waals surface area contributed by atoms with E-state index in [-0.39, 0.29) is 28.4 Å². The number of benzene rings is 3. The predicted molar refractivity (Wildman–Crippen MR) is 152 cm³/mol. The number of carbonyl (C=O) groups excluding carboxylic acids is 2. The summed E-state index contributed by atoms with van der Waals surface area (Å²) < 4.78 is 39.2. The molecule has 218 valence electrons. The Kier molecular flexibility index (Phi) is 9.90. The minimum absolute atomic E-state index is 0.0167. The number of likely N-dealkylation sites (N-methyl/N-ethyl adjacent to an activating group) is 1. The Labute approximate surface area is 238 Å². The lowest BCUT2D eigenvalue weighted by Gasteiger charge is -2.31. The number of ether oxygens (including phenoxy) is 2. The van der Waals surface area contributed by atoms with Gasteiger partial charge in [-0.05, 0) is 61.9 Å². The molecule has 0 aromatic heterocycles. The average Bonchev–Trinajstić information content (AvgIpc) is 2.97. The third-order valence-electron chi connectivity index (χ3n) is 6.51. The van der Waals surface area contributed by atoms with Crippen molar-refractivity contribution in [2.24, 2.45) is 0 Å². The number of nitro benzene ring substituents is 1. The van der Waals surface area contributed by atoms with Crippen LogP contribution in [0, 0.1) is 17.0 Å². The van der Waals surface area contributed by atoms with Crippen LogP contribution in [0.15, 0.2) is 71.6 Å². The quantitative estimate of drug-likeness (QED) is 0.252. The summed E-state index contributed by atoms with van der Waals surface area (Å²) in [6, 6.07) is 15.5. The van der Waals surface area contributed by atoms with Gasteiger partial charge in [-0.2, -0.15) is 0 Å². The highest BCUT2D eigenvalue weighted by molar-refractivity contribution is 7.92. The van der Waals surface area contributed by atoms with Gasteiger partial charge >= 0.3 is 0 Å². The molecule has 0 radical (unpaired) electrons. The summed E-state index contributed by atoms with van der Waals surface area (Å²) in [5.41, 5.74) is 0.683. The van der Waals surface area contributed by atoms with Gasteiger partial charge in [0.1, 0.15) is 24.1 Å². The van der Waals surface area contributed by atoms with Crippen molar-refractivity contribution in [2.75, 3.05) is 32.1 Å². The molecule has 41 heavy (non-hydrogen) atoms. The Bertz CT molecular complexity index is 1530. The lowest BCUT2D eigenvalue weighted by Crippen LogP contribution is -2.50. The molecule has 0 fully saturated rings. The molecular weight excluding hydrogens is 552 g/mol. The first-order chi connectivity index (χ1) is 19.4. The van der Waals surface area contributed by atoms with Crippen LogP contribution in [0.2, 0.25) is 0 Å². The van der Waals surface area contributed by atoms with E-state index in [9.17, 15) is 28.1 Å². The number of sulfonamides is 1. The van der Waals surface area contributed by atoms with Crippen molar-refractivity contribution < 1.29 is 32.4 Å². The number of methoxy groups -OCH3 is 2. The first-order valence-corrected chi connectivity index (χ1v) is 13.9. The Morgan fingerprint density at radius 3 is 2.24 bits per heavy atom. The number of aryl methyl sites for hydroxylation is 1. The lowest BCUT2D eigenvalue weighted by molar-refractivity contribution is -0.385. The Morgan fingerprint density at radius 1 is 1.00 bits per heavy atom. The molecule has 0 aliphatic heterocycles. The molecule has 1 atom stereocenters. The molecule has 13 heteroatoms. The maximum absolute atomic E-state index is 13.9. The van der Waals surface area contributed by atoms with E-state index < -0.39 is 39.3 Å². The summed E-state index contributed by atoms with van der Waals surface area (Å²) in [6.45, 7) is 2.32. The van der Waals surface area contributed by atoms with Crippen LogP contribution < -0.4 is 19.1 Å². The van der Waals surface area contributed by atoms with Crippen LogP contribution >= 0.6 is 0 Å². The SMILES string of the molecule is CNC(=O)[C@H](C)N(Cc1cccc(OC)c1)C(=O)CN(c1ccc(OC)cc1)S(=O)(=O)c1ccc(C)c([N+](=O)[O-])c1. The maximum atomic E-state index is 13.9. The van der Waals surface area contributed by atoms with Crippen molar-refractivity contribution in [1.29, 1.82) is 0 Å². The van der Waals surface area contributed by atoms with Crippen molar-refractivity contribution in [3.63, 3.8) is 0 Å². The summed E-state index contributed by atoms with van der Waals surface area (Å²) >= 11 is 0. The van der Waals surface area contributed by atoms with Crippen molar-refractivity contribution >= 4 is 33.2 Å². The second-order valence-electron chi connectivity index (χ2n) is 9.08. The van der Waals surface area contributed by atoms with E-state index >= 15 is 0 Å². The summed E-state index contributed by atoms with van der Waals surface area (Å²) in [4.78, 5) is 38.2. The Hall–Kier alpha value is -4.65. The zero-order valence-electron chi connectivity index (χ0n) is 23.4. The molecule has 0 aliphatic carbocycles. The zero-order chi connectivity index (χ0) is 30.3. The zero-order valence-corrected chi connectivity index (χ0v) is 24.2. The molecule has 3 rings (SSSR count). The van der Waals surface area contributed by atoms with Crippen LogP contribution in [-0.2, 0) is 26.2 Å². The third kappa shape index (κ3) is 7.11. The average molecular weight is 585 g/mol. The van der Waals surface area contributed by atoms with Crippen LogP contribution in [0.4, 0.5) is 11.4 Å². The number of hydrogen-bond acceptors (Lipinski definition) is 8. The molecule has 0 saturated heterocycles. The minimum atomic E-state index is -4.49. The summed E-state index contributed by atoms with van der Waals surface area (Å²) in [6.07, 6.45) is 0. The molecule has 0 saturated carbocycles. The van der Waals surface area contributed by atoms with Gasteiger partial charge in [0.2, 0.25) is 11.8 Å². The minimum Gasteiger partial charge on any atom is -0.497 e. The monoisotopic (exact) mass is 584 g/mol. The Morgan fingerprint density at radius 2 is 1.66 bits per heavy atom. The number of rotatable bonds is 12. The number of hydrogen-bond donors (Lipinski definition) is 1. The second-order valence-corrected chi connectivity index (χ2v) is 10.9. The van der Waals surface area contributed by atoms with Gasteiger partial charge in [-0.1, -0.05) is 18.2 Å². The van der Waals surface area contributed by atoms with Gasteiger partial charge in [0.25, 0.3) is 15.7 Å². The van der Waals surface area contributed by atoms with E-state index in [2.05, 4.69) is 5.32 Å². The van der Waals surface area contributed by atoms with Crippen LogP contribution in [0.25, 0.3) is 0 Å². The highest BCUT2D eigenvalue weighted by Gasteiger charge is 2.33. The van der Waals surface area contributed by atoms with E-state index in [1.165, 1.54) is 76.4 Å². The van der Waals surface area contributed by atoms with E-state index in [0.29, 0.717) is 17.1 Å². The van der Waals surface area contributed by atoms with Crippen LogP contribution in [0.1, 0.15) is 18.1 Å². The van der Waals surface area contributed by atoms with Gasteiger partial charge in [-0.25, -0.2) is 8.42 Å². The number of carbonyl (C=O) groups is 2. The molecular formula is C28H32N4O8S. The fourth-order valence-electron chi connectivity index (χ4n) is 4.11. The van der Waals surface area contributed by atoms with E-state index in [1.807, 2.05) is 0 Å². The van der Waals surface area contributed by atoms with Gasteiger partial charge in [-0.3, -0.25) is 24.0 Å². The molecule has 2 amide bonds. The van der Waals surface area contributed by atoms with Gasteiger partial charge in [-0.15, -0.1) is 0 Å². The van der Waals surface area contributed by atoms with Gasteiger partial charge in [0, 0.05) is 25.2 Å². The summed E-state index contributed by atoms with van der Waals surface area (Å²) in [5.74, 6) is -0.124. The second kappa shape index (κ2) is 13.1. The van der Waals surface area contributed by atoms with E-state index in [0.717, 1.165) is 10.4 Å². The molecule has 12 nitrogen and oxygen atoms in total. The topological polar surface area (TPSA) is 148 Å². The van der Waals surface area contributed by atoms with Crippen LogP contribution in [0.3, 0.4) is 0 Å². The molecule has 0 unspecified atom stereocenters. The summed E-state index contributed by atoms with van der Waals surface area (Å²) in [5, 5.41) is 14.1. The third-order valence-corrected chi connectivity index (χ3v) is 8.28. The van der Waals surface area contributed by atoms with Crippen LogP contribution in [-0.4, -0.2) is 63.9 Å². The highest BCUT2D eigenvalue weighted by atomic mass is 32.2. The van der Waals surface area contributed by atoms with E-state index in [1.54, 1.807) is 24.3 Å². The molecule has 0 bridgehead atoms. The molecule has 3 aromatic carbocycles. The maximum Gasteiger partial charge on any atom is 0.273 e.